The summed E-state index contributed by atoms with van der Waals surface area (Å²) in [7, 11) is -13.4. The van der Waals surface area contributed by atoms with E-state index in [-0.39, 0.29) is 44.6 Å². The van der Waals surface area contributed by atoms with Crippen molar-refractivity contribution in [2.75, 3.05) is 17.7 Å². The quantitative estimate of drug-likeness (QED) is 0.0488. The van der Waals surface area contributed by atoms with Crippen LogP contribution in [0.4, 0.5) is 0 Å². The Morgan fingerprint density at radius 3 is 1.28 bits per heavy atom. The van der Waals surface area contributed by atoms with Gasteiger partial charge in [0.15, 0.2) is 36.3 Å². The number of allylic oxidation sites excluding steroid dienone is 7. The molecule has 0 amide bonds. The lowest BCUT2D eigenvalue weighted by Crippen LogP contribution is -2.49. The monoisotopic (exact) mass is 1550 g/mol. The van der Waals surface area contributed by atoms with Gasteiger partial charge in [0.1, 0.15) is 7.14 Å². The van der Waals surface area contributed by atoms with Crippen molar-refractivity contribution in [3.05, 3.63) is 216 Å². The summed E-state index contributed by atoms with van der Waals surface area (Å²) in [5, 5.41) is 42.4. The van der Waals surface area contributed by atoms with Crippen LogP contribution in [0.5, 0.6) is 0 Å². The lowest BCUT2D eigenvalue weighted by Gasteiger charge is -2.45. The molecule has 7 fully saturated rings. The van der Waals surface area contributed by atoms with Gasteiger partial charge in [-0.2, -0.15) is 0 Å². The Hall–Kier alpha value is -4.88. The standard InChI is InChI=1S/C33H51O3PSi2.2C29H40O4S/c1-26-27(22-23-37(34,29-18-14-12-15-19-29)30-20-16-13-17-21-30)24-28(35-38(8,9)32(2,3)4)25-31(26)36-39(10,11)33(5,6)7;2*1-20(15-17-34(32,33)25-9-5-4-6-10-25)26-13-14-27-22(8-7-16-29(26,27)3)11-12-23-18-24(30)19-28(31)21(23)2/h12-22,28,31H,1,23-25H2,2-11H3;2*4-6,9-12,20,24,26-28,30-31H,2,7-8,13-19H2,1,3H3/b27-22-;2*22-11+,23-12-/t28-,31+;20-,24+,26-,27+,28-,29-;20-,24-,26-,27+,28+,29-/m111/s1. The highest BCUT2D eigenvalue weighted by Crippen LogP contribution is 2.62. The molecule has 16 heteroatoms. The fourth-order valence-corrected chi connectivity index (χ4v) is 26.6. The molecule has 7 aliphatic carbocycles. The summed E-state index contributed by atoms with van der Waals surface area (Å²) >= 11 is 0. The summed E-state index contributed by atoms with van der Waals surface area (Å²) in [5.74, 6) is 3.20. The highest BCUT2D eigenvalue weighted by Gasteiger charge is 2.53. The molecule has 0 saturated heterocycles. The van der Waals surface area contributed by atoms with Gasteiger partial charge in [-0.05, 0) is 237 Å². The molecule has 0 aromatic heterocycles. The maximum Gasteiger partial charge on any atom is 0.192 e. The zero-order valence-electron chi connectivity index (χ0n) is 67.2. The van der Waals surface area contributed by atoms with E-state index < -0.39 is 67.9 Å². The second-order valence-electron chi connectivity index (χ2n) is 36.3. The SMILES string of the molecule is C=C1/C(=C\C=C2/CCC[C@]3(C)[C@@H]([C@H](C)CCS(=O)(=O)c4ccccc4)CC[C@@H]23)C[C@@H](O)C[C@@H]1O.C=C1/C(=C\C=C2/CCC[C@]3(C)[C@@H]([C@H](C)CCS(=O)(=O)c4ccccc4)CC[C@@H]23)C[C@H](O)C[C@H]1O.C=C1/C(=C\CP(=O)(c2ccccc2)c2ccccc2)C[C@@H](O[Si](C)(C)C(C)(C)C)C[C@@H]1O[Si](C)(C)C(C)(C)C. The van der Waals surface area contributed by atoms with Crippen molar-refractivity contribution >= 4 is 54.1 Å². The van der Waals surface area contributed by atoms with Gasteiger partial charge in [-0.3, -0.25) is 0 Å². The minimum atomic E-state index is -3.25. The van der Waals surface area contributed by atoms with Gasteiger partial charge in [-0.15, -0.1) is 0 Å². The molecule has 4 N–H and O–H groups in total. The van der Waals surface area contributed by atoms with Gasteiger partial charge in [0.25, 0.3) is 0 Å². The van der Waals surface area contributed by atoms with Crippen LogP contribution in [0.25, 0.3) is 0 Å². The zero-order chi connectivity index (χ0) is 78.3. The maximum absolute atomic E-state index is 14.7. The highest BCUT2D eigenvalue weighted by molar-refractivity contribution is 7.91. The van der Waals surface area contributed by atoms with E-state index in [9.17, 15) is 41.8 Å². The maximum atomic E-state index is 14.7. The number of fused-ring (bicyclic) bond motifs is 2. The van der Waals surface area contributed by atoms with Crippen LogP contribution < -0.4 is 10.6 Å². The van der Waals surface area contributed by atoms with Crippen molar-refractivity contribution < 1.29 is 50.7 Å². The molecule has 11 rings (SSSR count). The Morgan fingerprint density at radius 2 is 0.897 bits per heavy atom. The predicted molar refractivity (Wildman–Crippen MR) is 449 cm³/mol. The van der Waals surface area contributed by atoms with E-state index in [1.54, 1.807) is 48.5 Å². The third-order valence-electron chi connectivity index (χ3n) is 27.0. The number of sulfone groups is 2. The van der Waals surface area contributed by atoms with Crippen molar-refractivity contribution in [1.82, 2.24) is 0 Å². The average molecular weight is 1550 g/mol. The number of hydrogen-bond acceptors (Lipinski definition) is 11. The predicted octanol–water partition coefficient (Wildman–Crippen LogP) is 20.3. The fraction of sp³-hybridized carbons (Fsp3) is 0.560. The second kappa shape index (κ2) is 35.4. The number of aliphatic hydroxyl groups is 4. The Kier molecular flexibility index (Phi) is 28.5. The van der Waals surface area contributed by atoms with Crippen LogP contribution in [0.1, 0.15) is 185 Å². The molecule has 4 aromatic carbocycles. The first-order valence-electron chi connectivity index (χ1n) is 40.0. The Balaban J connectivity index is 0.000000186. The van der Waals surface area contributed by atoms with E-state index in [0.717, 1.165) is 108 Å². The number of aliphatic hydroxyl groups excluding tert-OH is 4. The third kappa shape index (κ3) is 20.7. The van der Waals surface area contributed by atoms with Crippen LogP contribution in [0.2, 0.25) is 36.3 Å². The molecule has 7 saturated carbocycles. The summed E-state index contributed by atoms with van der Waals surface area (Å²) in [5.41, 5.74) is 8.88. The molecule has 586 valence electrons. The molecule has 14 atom stereocenters. The summed E-state index contributed by atoms with van der Waals surface area (Å²) in [6, 6.07) is 37.4. The van der Waals surface area contributed by atoms with Gasteiger partial charge in [-0.1, -0.05) is 228 Å². The molecule has 107 heavy (non-hydrogen) atoms. The summed E-state index contributed by atoms with van der Waals surface area (Å²) in [4.78, 5) is 0.848. The van der Waals surface area contributed by atoms with Gasteiger partial charge in [0.2, 0.25) is 0 Å². The van der Waals surface area contributed by atoms with E-state index in [4.69, 9.17) is 8.85 Å². The van der Waals surface area contributed by atoms with Crippen LogP contribution in [-0.2, 0) is 33.1 Å². The summed E-state index contributed by atoms with van der Waals surface area (Å²) in [6.45, 7) is 44.9. The topological polar surface area (TPSA) is 185 Å². The van der Waals surface area contributed by atoms with Crippen molar-refractivity contribution in [2.45, 2.75) is 267 Å². The van der Waals surface area contributed by atoms with Crippen LogP contribution in [0, 0.1) is 46.3 Å². The first kappa shape index (κ1) is 86.1. The fourth-order valence-electron chi connectivity index (χ4n) is 18.5. The minimum absolute atomic E-state index is 0.0604. The van der Waals surface area contributed by atoms with Gasteiger partial charge >= 0.3 is 0 Å². The molecule has 4 aromatic rings. The van der Waals surface area contributed by atoms with Gasteiger partial charge < -0.3 is 33.8 Å². The average Bonchev–Trinajstić information content (AvgIpc) is 1.63. The first-order chi connectivity index (χ1) is 50.1. The van der Waals surface area contributed by atoms with Gasteiger partial charge in [-0.25, -0.2) is 16.8 Å². The van der Waals surface area contributed by atoms with Crippen molar-refractivity contribution in [2.24, 2.45) is 46.3 Å². The highest BCUT2D eigenvalue weighted by atomic mass is 32.2. The van der Waals surface area contributed by atoms with E-state index in [0.29, 0.717) is 90.0 Å². The van der Waals surface area contributed by atoms with Crippen molar-refractivity contribution in [1.29, 1.82) is 0 Å². The number of hydrogen-bond donors (Lipinski definition) is 4. The molecule has 0 aliphatic heterocycles. The van der Waals surface area contributed by atoms with E-state index in [2.05, 4.69) is 146 Å². The van der Waals surface area contributed by atoms with Crippen molar-refractivity contribution in [3.8, 4) is 0 Å². The molecule has 0 bridgehead atoms. The van der Waals surface area contributed by atoms with E-state index in [1.807, 2.05) is 72.8 Å². The first-order valence-corrected chi connectivity index (χ1v) is 51.0. The second-order valence-corrected chi connectivity index (χ2v) is 52.9. The number of rotatable bonds is 20. The lowest BCUT2D eigenvalue weighted by molar-refractivity contribution is 0.0855. The van der Waals surface area contributed by atoms with Gasteiger partial charge in [0, 0.05) is 36.0 Å². The molecular weight excluding hydrogens is 1420 g/mol. The largest absolute Gasteiger partial charge is 0.413 e. The van der Waals surface area contributed by atoms with Crippen LogP contribution in [-0.4, -0.2) is 108 Å². The molecular formula is C91H131O11PS2Si2. The van der Waals surface area contributed by atoms with Gasteiger partial charge in [0.05, 0.1) is 57.9 Å². The Bertz CT molecular complexity index is 3950. The Morgan fingerprint density at radius 1 is 0.523 bits per heavy atom. The normalized spacial score (nSPS) is 30.1. The lowest BCUT2D eigenvalue weighted by atomic mass is 9.61. The van der Waals surface area contributed by atoms with E-state index in [1.165, 1.54) is 24.0 Å². The van der Waals surface area contributed by atoms with E-state index >= 15 is 0 Å². The number of benzene rings is 4. The third-order valence-corrected chi connectivity index (χ3v) is 42.6. The molecule has 0 spiro atoms. The molecule has 0 unspecified atom stereocenters. The van der Waals surface area contributed by atoms with Crippen molar-refractivity contribution in [3.63, 3.8) is 0 Å². The smallest absolute Gasteiger partial charge is 0.192 e. The zero-order valence-corrected chi connectivity index (χ0v) is 71.8. The van der Waals surface area contributed by atoms with Crippen LogP contribution in [0.3, 0.4) is 0 Å². The molecule has 0 radical (unpaired) electrons. The Labute approximate surface area is 647 Å². The molecule has 0 heterocycles. The molecule has 7 aliphatic rings. The molecule has 11 nitrogen and oxygen atoms in total. The summed E-state index contributed by atoms with van der Waals surface area (Å²) < 4.78 is 79.9. The van der Waals surface area contributed by atoms with Crippen LogP contribution in [0.15, 0.2) is 226 Å². The van der Waals surface area contributed by atoms with Crippen LogP contribution >= 0.6 is 7.14 Å². The summed E-state index contributed by atoms with van der Waals surface area (Å²) in [6.07, 6.45) is 25.2. The minimum Gasteiger partial charge on any atom is -0.413 e.